The van der Waals surface area contributed by atoms with Gasteiger partial charge in [-0.3, -0.25) is 9.59 Å². The number of hydrogen-bond acceptors (Lipinski definition) is 6. The van der Waals surface area contributed by atoms with Crippen LogP contribution in [0.2, 0.25) is 0 Å². The largest absolute Gasteiger partial charge is 0.493 e. The molecule has 0 radical (unpaired) electrons. The second-order valence-electron chi connectivity index (χ2n) is 7.97. The van der Waals surface area contributed by atoms with Crippen LogP contribution in [0.25, 0.3) is 16.8 Å². The van der Waals surface area contributed by atoms with Gasteiger partial charge in [0.25, 0.3) is 0 Å². The van der Waals surface area contributed by atoms with Gasteiger partial charge < -0.3 is 19.5 Å². The number of aromatic nitrogens is 2. The summed E-state index contributed by atoms with van der Waals surface area (Å²) in [5, 5.41) is 7.40. The molecular weight excluding hydrogens is 422 g/mol. The quantitative estimate of drug-likeness (QED) is 0.642. The van der Waals surface area contributed by atoms with Crippen molar-refractivity contribution in [2.75, 3.05) is 21.3 Å². The van der Waals surface area contributed by atoms with Gasteiger partial charge in [-0.05, 0) is 60.7 Å². The van der Waals surface area contributed by atoms with E-state index in [-0.39, 0.29) is 17.4 Å². The number of carbonyl (C=O) groups is 1. The number of fused-ring (bicyclic) bond motifs is 3. The van der Waals surface area contributed by atoms with Gasteiger partial charge in [0.1, 0.15) is 5.69 Å². The number of methoxy groups -OCH3 is 3. The Kier molecular flexibility index (Phi) is 6.09. The molecule has 1 amide bonds. The second-order valence-corrected chi connectivity index (χ2v) is 7.97. The van der Waals surface area contributed by atoms with Gasteiger partial charge in [0.15, 0.2) is 11.5 Å². The lowest BCUT2D eigenvalue weighted by molar-refractivity contribution is -0.119. The molecule has 8 heteroatoms. The van der Waals surface area contributed by atoms with E-state index in [4.69, 9.17) is 14.2 Å². The lowest BCUT2D eigenvalue weighted by atomic mass is 9.95. The van der Waals surface area contributed by atoms with E-state index in [2.05, 4.69) is 10.4 Å². The van der Waals surface area contributed by atoms with Crippen molar-refractivity contribution in [3.63, 3.8) is 0 Å². The average Bonchev–Trinajstić information content (AvgIpc) is 3.07. The van der Waals surface area contributed by atoms with Crippen LogP contribution < -0.4 is 25.0 Å². The predicted molar refractivity (Wildman–Crippen MR) is 125 cm³/mol. The highest BCUT2D eigenvalue weighted by Crippen LogP contribution is 2.50. The minimum atomic E-state index is -0.348. The topological polar surface area (TPSA) is 91.7 Å². The fraction of sp³-hybridized carbons (Fsp3) is 0.320. The van der Waals surface area contributed by atoms with E-state index in [0.717, 1.165) is 27.9 Å². The number of ether oxygens (including phenoxy) is 3. The van der Waals surface area contributed by atoms with Crippen LogP contribution in [0.15, 0.2) is 41.3 Å². The van der Waals surface area contributed by atoms with E-state index in [1.165, 1.54) is 6.92 Å². The maximum Gasteiger partial charge on any atom is 0.217 e. The zero-order chi connectivity index (χ0) is 23.7. The van der Waals surface area contributed by atoms with Gasteiger partial charge in [-0.15, -0.1) is 0 Å². The molecule has 1 N–H and O–H groups in total. The molecule has 33 heavy (non-hydrogen) atoms. The van der Waals surface area contributed by atoms with Crippen LogP contribution in [-0.4, -0.2) is 37.0 Å². The zero-order valence-corrected chi connectivity index (χ0v) is 19.4. The first-order chi connectivity index (χ1) is 15.9. The van der Waals surface area contributed by atoms with Crippen molar-refractivity contribution >= 4 is 5.91 Å². The number of hydrogen-bond donors (Lipinski definition) is 1. The van der Waals surface area contributed by atoms with Crippen LogP contribution in [0.3, 0.4) is 0 Å². The SMILES string of the molecule is COc1cc2c(c(OC)c1OC)-c1ccc(-n3ccc(C)n3)c(=O)cc1[C@@H](NC(C)=O)CC2. The first-order valence-corrected chi connectivity index (χ1v) is 10.7. The molecule has 1 aliphatic rings. The van der Waals surface area contributed by atoms with Crippen LogP contribution in [0.5, 0.6) is 17.2 Å². The number of benzene rings is 1. The fourth-order valence-electron chi connectivity index (χ4n) is 4.44. The fourth-order valence-corrected chi connectivity index (χ4v) is 4.44. The minimum absolute atomic E-state index is 0.166. The summed E-state index contributed by atoms with van der Waals surface area (Å²) >= 11 is 0. The van der Waals surface area contributed by atoms with Gasteiger partial charge in [-0.25, -0.2) is 4.68 Å². The van der Waals surface area contributed by atoms with E-state index in [1.807, 2.05) is 25.1 Å². The third-order valence-electron chi connectivity index (χ3n) is 5.86. The highest BCUT2D eigenvalue weighted by atomic mass is 16.5. The Labute approximate surface area is 192 Å². The Morgan fingerprint density at radius 1 is 1.09 bits per heavy atom. The second kappa shape index (κ2) is 8.97. The van der Waals surface area contributed by atoms with Crippen molar-refractivity contribution in [1.29, 1.82) is 0 Å². The Morgan fingerprint density at radius 2 is 1.85 bits per heavy atom. The van der Waals surface area contributed by atoms with Crippen molar-refractivity contribution < 1.29 is 19.0 Å². The average molecular weight is 450 g/mol. The summed E-state index contributed by atoms with van der Waals surface area (Å²) in [6.45, 7) is 3.34. The molecular formula is C25H27N3O5. The van der Waals surface area contributed by atoms with E-state index in [0.29, 0.717) is 35.8 Å². The van der Waals surface area contributed by atoms with Crippen LogP contribution in [-0.2, 0) is 11.2 Å². The van der Waals surface area contributed by atoms with Crippen LogP contribution in [0.4, 0.5) is 0 Å². The highest BCUT2D eigenvalue weighted by Gasteiger charge is 2.29. The lowest BCUT2D eigenvalue weighted by Crippen LogP contribution is -2.26. The van der Waals surface area contributed by atoms with Gasteiger partial charge in [-0.2, -0.15) is 5.10 Å². The maximum atomic E-state index is 13.3. The molecule has 1 heterocycles. The number of carbonyl (C=O) groups excluding carboxylic acids is 1. The van der Waals surface area contributed by atoms with Gasteiger partial charge in [0.05, 0.1) is 33.1 Å². The molecule has 172 valence electrons. The maximum absolute atomic E-state index is 13.3. The third kappa shape index (κ3) is 4.04. The first kappa shape index (κ1) is 22.4. The molecule has 0 saturated heterocycles. The molecule has 0 saturated carbocycles. The zero-order valence-electron chi connectivity index (χ0n) is 19.4. The molecule has 1 aliphatic carbocycles. The van der Waals surface area contributed by atoms with Crippen LogP contribution in [0, 0.1) is 6.92 Å². The van der Waals surface area contributed by atoms with E-state index < -0.39 is 0 Å². The predicted octanol–water partition coefficient (Wildman–Crippen LogP) is 3.36. The third-order valence-corrected chi connectivity index (χ3v) is 5.86. The van der Waals surface area contributed by atoms with Gasteiger partial charge in [0, 0.05) is 18.7 Å². The number of amides is 1. The van der Waals surface area contributed by atoms with Gasteiger partial charge in [0.2, 0.25) is 17.1 Å². The standard InChI is InChI=1S/C25H27N3O5/c1-14-10-11-28(27-14)20-9-7-17-18(13-21(20)30)19(26-15(2)29)8-6-16-12-22(31-3)24(32-4)25(33-5)23(16)17/h7,9-13,19H,6,8H2,1-5H3,(H,26,29)/t19-/m0/s1. The molecule has 0 fully saturated rings. The van der Waals surface area contributed by atoms with E-state index in [9.17, 15) is 9.59 Å². The molecule has 0 aliphatic heterocycles. The Hall–Kier alpha value is -3.81. The van der Waals surface area contributed by atoms with Crippen LogP contribution >= 0.6 is 0 Å². The number of rotatable bonds is 5. The van der Waals surface area contributed by atoms with Crippen molar-refractivity contribution in [2.45, 2.75) is 32.7 Å². The first-order valence-electron chi connectivity index (χ1n) is 10.7. The molecule has 1 aromatic heterocycles. The normalized spacial score (nSPS) is 14.5. The summed E-state index contributed by atoms with van der Waals surface area (Å²) < 4.78 is 18.5. The summed E-state index contributed by atoms with van der Waals surface area (Å²) in [6, 6.07) is 8.65. The molecule has 4 rings (SSSR count). The van der Waals surface area contributed by atoms with Crippen molar-refractivity contribution in [2.24, 2.45) is 0 Å². The van der Waals surface area contributed by atoms with Gasteiger partial charge >= 0.3 is 0 Å². The molecule has 0 bridgehead atoms. The van der Waals surface area contributed by atoms with E-state index in [1.54, 1.807) is 44.3 Å². The molecule has 0 spiro atoms. The Morgan fingerprint density at radius 3 is 2.45 bits per heavy atom. The van der Waals surface area contributed by atoms with Crippen LogP contribution in [0.1, 0.15) is 36.2 Å². The summed E-state index contributed by atoms with van der Waals surface area (Å²) in [6.07, 6.45) is 3.01. The van der Waals surface area contributed by atoms with Crippen molar-refractivity contribution in [3.05, 3.63) is 63.6 Å². The lowest BCUT2D eigenvalue weighted by Gasteiger charge is -2.19. The molecule has 8 nitrogen and oxygen atoms in total. The summed E-state index contributed by atoms with van der Waals surface area (Å²) in [4.78, 5) is 25.3. The molecule has 1 atom stereocenters. The smallest absolute Gasteiger partial charge is 0.217 e. The molecule has 2 aromatic carbocycles. The monoisotopic (exact) mass is 449 g/mol. The minimum Gasteiger partial charge on any atom is -0.493 e. The van der Waals surface area contributed by atoms with E-state index >= 15 is 0 Å². The summed E-state index contributed by atoms with van der Waals surface area (Å²) in [5.74, 6) is 1.39. The number of nitrogens with zero attached hydrogens (tertiary/aromatic N) is 2. The van der Waals surface area contributed by atoms with Crippen molar-refractivity contribution in [1.82, 2.24) is 15.1 Å². The molecule has 0 unspecified atom stereocenters. The number of nitrogens with one attached hydrogen (secondary N) is 1. The Bertz CT molecular complexity index is 1280. The summed E-state index contributed by atoms with van der Waals surface area (Å²) in [7, 11) is 4.72. The molecule has 3 aromatic rings. The summed E-state index contributed by atoms with van der Waals surface area (Å²) in [5.41, 5.74) is 4.32. The highest BCUT2D eigenvalue weighted by molar-refractivity contribution is 5.83. The Balaban J connectivity index is 2.07. The van der Waals surface area contributed by atoms with Gasteiger partial charge in [-0.1, -0.05) is 6.07 Å². The number of aryl methyl sites for hydroxylation is 2. The van der Waals surface area contributed by atoms with Crippen molar-refractivity contribution in [3.8, 4) is 34.1 Å².